The maximum absolute atomic E-state index is 12.8. The SMILES string of the molecule is O=C(Nc1cccc(Cl)c1)C1NCCC2=C1Cc1ccc(Cl)cc12. The molecule has 2 aromatic rings. The highest BCUT2D eigenvalue weighted by Crippen LogP contribution is 2.39. The maximum atomic E-state index is 12.8. The number of halogens is 2. The van der Waals surface area contributed by atoms with Gasteiger partial charge in [-0.1, -0.05) is 35.3 Å². The third-order valence-corrected chi connectivity index (χ3v) is 5.06. The summed E-state index contributed by atoms with van der Waals surface area (Å²) in [5, 5.41) is 7.64. The number of fused-ring (bicyclic) bond motifs is 2. The van der Waals surface area contributed by atoms with Crippen LogP contribution >= 0.6 is 23.2 Å². The van der Waals surface area contributed by atoms with Crippen molar-refractivity contribution in [2.75, 3.05) is 11.9 Å². The van der Waals surface area contributed by atoms with Crippen molar-refractivity contribution in [1.82, 2.24) is 5.32 Å². The smallest absolute Gasteiger partial charge is 0.245 e. The number of carbonyl (C=O) groups excluding carboxylic acids is 1. The van der Waals surface area contributed by atoms with Gasteiger partial charge in [-0.2, -0.15) is 0 Å². The molecule has 0 fully saturated rings. The fourth-order valence-corrected chi connectivity index (χ4v) is 3.90. The van der Waals surface area contributed by atoms with Crippen LogP contribution < -0.4 is 10.6 Å². The molecule has 0 saturated heterocycles. The minimum absolute atomic E-state index is 0.0524. The highest BCUT2D eigenvalue weighted by atomic mass is 35.5. The zero-order valence-corrected chi connectivity index (χ0v) is 14.4. The lowest BCUT2D eigenvalue weighted by Crippen LogP contribution is -2.45. The molecular formula is C19H16Cl2N2O. The Morgan fingerprint density at radius 3 is 2.79 bits per heavy atom. The van der Waals surface area contributed by atoms with Gasteiger partial charge in [-0.05, 0) is 65.4 Å². The van der Waals surface area contributed by atoms with Crippen molar-refractivity contribution in [2.24, 2.45) is 0 Å². The maximum Gasteiger partial charge on any atom is 0.245 e. The Bertz CT molecular complexity index is 860. The number of benzene rings is 2. The Kier molecular flexibility index (Phi) is 4.09. The molecule has 2 aromatic carbocycles. The standard InChI is InChI=1S/C19H16Cl2N2O/c20-12-2-1-3-14(9-12)23-19(24)18-17-8-11-4-5-13(21)10-16(11)15(17)6-7-22-18/h1-5,9-10,18,22H,6-8H2,(H,23,24). The second-order valence-corrected chi connectivity index (χ2v) is 6.99. The van der Waals surface area contributed by atoms with Crippen molar-refractivity contribution in [3.63, 3.8) is 0 Å². The van der Waals surface area contributed by atoms with Crippen LogP contribution in [-0.4, -0.2) is 18.5 Å². The second-order valence-electron chi connectivity index (χ2n) is 6.12. The molecule has 0 spiro atoms. The third-order valence-electron chi connectivity index (χ3n) is 4.59. The van der Waals surface area contributed by atoms with Gasteiger partial charge in [0.2, 0.25) is 5.91 Å². The number of hydrogen-bond acceptors (Lipinski definition) is 2. The van der Waals surface area contributed by atoms with Gasteiger partial charge >= 0.3 is 0 Å². The zero-order valence-electron chi connectivity index (χ0n) is 12.9. The summed E-state index contributed by atoms with van der Waals surface area (Å²) in [5.74, 6) is -0.0524. The van der Waals surface area contributed by atoms with E-state index in [0.717, 1.165) is 30.0 Å². The van der Waals surface area contributed by atoms with Crippen LogP contribution in [-0.2, 0) is 11.2 Å². The summed E-state index contributed by atoms with van der Waals surface area (Å²) in [5.41, 5.74) is 5.56. The summed E-state index contributed by atoms with van der Waals surface area (Å²) in [6.07, 6.45) is 1.71. The summed E-state index contributed by atoms with van der Waals surface area (Å²) in [4.78, 5) is 12.8. The van der Waals surface area contributed by atoms with Gasteiger partial charge in [0.1, 0.15) is 6.04 Å². The molecular weight excluding hydrogens is 343 g/mol. The molecule has 3 nitrogen and oxygen atoms in total. The van der Waals surface area contributed by atoms with E-state index >= 15 is 0 Å². The fourth-order valence-electron chi connectivity index (χ4n) is 3.54. The number of carbonyl (C=O) groups is 1. The Morgan fingerprint density at radius 1 is 1.12 bits per heavy atom. The van der Waals surface area contributed by atoms with Crippen LogP contribution in [0, 0.1) is 0 Å². The van der Waals surface area contributed by atoms with E-state index in [1.165, 1.54) is 16.7 Å². The Morgan fingerprint density at radius 2 is 1.96 bits per heavy atom. The number of nitrogens with one attached hydrogen (secondary N) is 2. The van der Waals surface area contributed by atoms with E-state index in [9.17, 15) is 4.79 Å². The number of rotatable bonds is 2. The van der Waals surface area contributed by atoms with E-state index in [-0.39, 0.29) is 11.9 Å². The molecule has 0 radical (unpaired) electrons. The molecule has 1 aliphatic heterocycles. The molecule has 122 valence electrons. The summed E-state index contributed by atoms with van der Waals surface area (Å²) < 4.78 is 0. The molecule has 1 amide bonds. The normalized spacial score (nSPS) is 19.0. The van der Waals surface area contributed by atoms with Crippen LogP contribution in [0.1, 0.15) is 17.5 Å². The average molecular weight is 359 g/mol. The van der Waals surface area contributed by atoms with Gasteiger partial charge in [0.25, 0.3) is 0 Å². The molecule has 0 aromatic heterocycles. The molecule has 0 bridgehead atoms. The van der Waals surface area contributed by atoms with Crippen LogP contribution in [0.15, 0.2) is 48.0 Å². The average Bonchev–Trinajstić information content (AvgIpc) is 2.92. The summed E-state index contributed by atoms with van der Waals surface area (Å²) in [7, 11) is 0. The van der Waals surface area contributed by atoms with Gasteiger partial charge in [-0.3, -0.25) is 4.79 Å². The van der Waals surface area contributed by atoms with E-state index in [2.05, 4.69) is 16.7 Å². The zero-order chi connectivity index (χ0) is 16.7. The first-order valence-electron chi connectivity index (χ1n) is 7.92. The van der Waals surface area contributed by atoms with Crippen molar-refractivity contribution in [3.8, 4) is 0 Å². The molecule has 4 rings (SSSR count). The van der Waals surface area contributed by atoms with Crippen LogP contribution in [0.4, 0.5) is 5.69 Å². The first-order chi connectivity index (χ1) is 11.6. The van der Waals surface area contributed by atoms with Gasteiger partial charge in [0.15, 0.2) is 0 Å². The minimum Gasteiger partial charge on any atom is -0.324 e. The summed E-state index contributed by atoms with van der Waals surface area (Å²) >= 11 is 12.1. The monoisotopic (exact) mass is 358 g/mol. The number of amides is 1. The van der Waals surface area contributed by atoms with Gasteiger partial charge in [-0.25, -0.2) is 0 Å². The van der Waals surface area contributed by atoms with Crippen LogP contribution in [0.3, 0.4) is 0 Å². The molecule has 24 heavy (non-hydrogen) atoms. The van der Waals surface area contributed by atoms with Crippen molar-refractivity contribution in [1.29, 1.82) is 0 Å². The highest BCUT2D eigenvalue weighted by molar-refractivity contribution is 6.31. The predicted octanol–water partition coefficient (Wildman–Crippen LogP) is 4.30. The Balaban J connectivity index is 1.61. The molecule has 1 atom stereocenters. The quantitative estimate of drug-likeness (QED) is 0.839. The van der Waals surface area contributed by atoms with Crippen molar-refractivity contribution in [3.05, 3.63) is 69.2 Å². The van der Waals surface area contributed by atoms with E-state index < -0.39 is 0 Å². The largest absolute Gasteiger partial charge is 0.324 e. The fraction of sp³-hybridized carbons (Fsp3) is 0.211. The molecule has 5 heteroatoms. The predicted molar refractivity (Wildman–Crippen MR) is 98.6 cm³/mol. The lowest BCUT2D eigenvalue weighted by Gasteiger charge is -2.26. The lowest BCUT2D eigenvalue weighted by atomic mass is 9.94. The van der Waals surface area contributed by atoms with E-state index in [1.807, 2.05) is 24.3 Å². The van der Waals surface area contributed by atoms with Crippen LogP contribution in [0.5, 0.6) is 0 Å². The molecule has 2 N–H and O–H groups in total. The molecule has 1 unspecified atom stereocenters. The van der Waals surface area contributed by atoms with Crippen molar-refractivity contribution >= 4 is 40.4 Å². The Hall–Kier alpha value is -1.81. The van der Waals surface area contributed by atoms with Gasteiger partial charge in [-0.15, -0.1) is 0 Å². The third kappa shape index (κ3) is 2.84. The first kappa shape index (κ1) is 15.7. The summed E-state index contributed by atoms with van der Waals surface area (Å²) in [6, 6.07) is 12.9. The first-order valence-corrected chi connectivity index (χ1v) is 8.68. The van der Waals surface area contributed by atoms with Crippen molar-refractivity contribution < 1.29 is 4.79 Å². The van der Waals surface area contributed by atoms with Gasteiger partial charge in [0.05, 0.1) is 0 Å². The number of anilines is 1. The van der Waals surface area contributed by atoms with Gasteiger partial charge in [0, 0.05) is 22.3 Å². The minimum atomic E-state index is -0.320. The topological polar surface area (TPSA) is 41.1 Å². The molecule has 1 heterocycles. The number of hydrogen-bond donors (Lipinski definition) is 2. The lowest BCUT2D eigenvalue weighted by molar-refractivity contribution is -0.117. The second kappa shape index (κ2) is 6.25. The van der Waals surface area contributed by atoms with Gasteiger partial charge < -0.3 is 10.6 Å². The Labute approximate surface area is 150 Å². The molecule has 1 aliphatic carbocycles. The summed E-state index contributed by atoms with van der Waals surface area (Å²) in [6.45, 7) is 0.776. The van der Waals surface area contributed by atoms with E-state index in [0.29, 0.717) is 10.7 Å². The molecule has 2 aliphatic rings. The highest BCUT2D eigenvalue weighted by Gasteiger charge is 2.33. The van der Waals surface area contributed by atoms with Crippen LogP contribution in [0.2, 0.25) is 10.0 Å². The van der Waals surface area contributed by atoms with Crippen LogP contribution in [0.25, 0.3) is 5.57 Å². The van der Waals surface area contributed by atoms with Crippen molar-refractivity contribution in [2.45, 2.75) is 18.9 Å². The van der Waals surface area contributed by atoms with E-state index in [1.54, 1.807) is 12.1 Å². The molecule has 0 saturated carbocycles. The van der Waals surface area contributed by atoms with E-state index in [4.69, 9.17) is 23.2 Å².